The minimum absolute atomic E-state index is 0.0755. The van der Waals surface area contributed by atoms with Crippen LogP contribution in [0.1, 0.15) is 46.9 Å². The molecule has 38 heavy (non-hydrogen) atoms. The van der Waals surface area contributed by atoms with E-state index in [1.165, 1.54) is 5.56 Å². The third-order valence-electron chi connectivity index (χ3n) is 6.46. The normalized spacial score (nSPS) is 16.0. The topological polar surface area (TPSA) is 134 Å². The number of nitrogens with one attached hydrogen (secondary N) is 3. The van der Waals surface area contributed by atoms with Crippen LogP contribution in [0.4, 0.5) is 14.8 Å². The zero-order chi connectivity index (χ0) is 27.5. The van der Waals surface area contributed by atoms with Crippen molar-refractivity contribution in [2.45, 2.75) is 50.3 Å². The number of sulfonamides is 1. The number of rotatable bonds is 12. The molecule has 3 aromatic rings. The number of aryl methyl sites for hydroxylation is 1. The molecule has 0 aliphatic heterocycles. The molecule has 0 bridgehead atoms. The van der Waals surface area contributed by atoms with Crippen molar-refractivity contribution in [2.24, 2.45) is 0 Å². The van der Waals surface area contributed by atoms with Crippen LogP contribution in [0.2, 0.25) is 0 Å². The summed E-state index contributed by atoms with van der Waals surface area (Å²) in [5.74, 6) is -2.31. The van der Waals surface area contributed by atoms with Gasteiger partial charge >= 0.3 is 6.01 Å². The molecule has 0 saturated heterocycles. The molecule has 2 atom stereocenters. The maximum Gasteiger partial charge on any atom is 0.309 e. The van der Waals surface area contributed by atoms with E-state index in [-0.39, 0.29) is 29.8 Å². The SMILES string of the molecule is CCc1cccc(C2(NC[C@H](O)[C@H](Cc3cc(F)cc(F)c3)NC(=O)c3coc(NS(C)(=O)=O)n3)CC2)c1. The van der Waals surface area contributed by atoms with Crippen LogP contribution in [-0.2, 0) is 28.4 Å². The summed E-state index contributed by atoms with van der Waals surface area (Å²) >= 11 is 0. The highest BCUT2D eigenvalue weighted by atomic mass is 32.2. The molecule has 1 saturated carbocycles. The first kappa shape index (κ1) is 27.7. The molecule has 0 radical (unpaired) electrons. The molecule has 204 valence electrons. The summed E-state index contributed by atoms with van der Waals surface area (Å²) in [7, 11) is -3.68. The Bertz CT molecular complexity index is 1390. The quantitative estimate of drug-likeness (QED) is 0.274. The van der Waals surface area contributed by atoms with Crippen LogP contribution in [0.5, 0.6) is 0 Å². The zero-order valence-electron chi connectivity index (χ0n) is 21.0. The van der Waals surface area contributed by atoms with E-state index in [0.717, 1.165) is 55.5 Å². The minimum atomic E-state index is -3.68. The lowest BCUT2D eigenvalue weighted by Gasteiger charge is -2.27. The summed E-state index contributed by atoms with van der Waals surface area (Å²) in [6, 6.07) is 9.86. The molecule has 4 N–H and O–H groups in total. The van der Waals surface area contributed by atoms with E-state index in [0.29, 0.717) is 0 Å². The van der Waals surface area contributed by atoms with E-state index >= 15 is 0 Å². The van der Waals surface area contributed by atoms with Crippen molar-refractivity contribution in [3.8, 4) is 0 Å². The van der Waals surface area contributed by atoms with Gasteiger partial charge in [0.25, 0.3) is 5.91 Å². The Kier molecular flexibility index (Phi) is 8.14. The summed E-state index contributed by atoms with van der Waals surface area (Å²) in [6.07, 6.45) is 3.31. The Morgan fingerprint density at radius 3 is 2.50 bits per heavy atom. The molecule has 0 spiro atoms. The number of carbonyl (C=O) groups is 1. The van der Waals surface area contributed by atoms with Gasteiger partial charge < -0.3 is 20.2 Å². The third kappa shape index (κ3) is 7.15. The highest BCUT2D eigenvalue weighted by molar-refractivity contribution is 7.91. The fraction of sp³-hybridized carbons (Fsp3) is 0.385. The fourth-order valence-corrected chi connectivity index (χ4v) is 4.73. The molecule has 1 aromatic heterocycles. The molecular formula is C26H30F2N4O5S. The Balaban J connectivity index is 1.50. The maximum atomic E-state index is 13.8. The van der Waals surface area contributed by atoms with Gasteiger partial charge in [0, 0.05) is 18.2 Å². The highest BCUT2D eigenvalue weighted by Gasteiger charge is 2.44. The molecule has 1 aliphatic rings. The second-order valence-electron chi connectivity index (χ2n) is 9.56. The molecular weight excluding hydrogens is 518 g/mol. The van der Waals surface area contributed by atoms with Crippen molar-refractivity contribution in [1.29, 1.82) is 0 Å². The van der Waals surface area contributed by atoms with Gasteiger partial charge in [-0.1, -0.05) is 31.2 Å². The van der Waals surface area contributed by atoms with Crippen molar-refractivity contribution < 1.29 is 31.5 Å². The van der Waals surface area contributed by atoms with E-state index in [4.69, 9.17) is 4.42 Å². The monoisotopic (exact) mass is 548 g/mol. The largest absolute Gasteiger partial charge is 0.431 e. The van der Waals surface area contributed by atoms with E-state index in [9.17, 15) is 27.1 Å². The number of benzene rings is 2. The number of nitrogens with zero attached hydrogens (tertiary/aromatic N) is 1. The number of anilines is 1. The van der Waals surface area contributed by atoms with E-state index in [1.54, 1.807) is 0 Å². The molecule has 12 heteroatoms. The van der Waals surface area contributed by atoms with Gasteiger partial charge in [0.2, 0.25) is 10.0 Å². The molecule has 1 heterocycles. The van der Waals surface area contributed by atoms with Crippen LogP contribution in [0.15, 0.2) is 53.1 Å². The van der Waals surface area contributed by atoms with E-state index in [1.807, 2.05) is 16.9 Å². The molecule has 1 aliphatic carbocycles. The van der Waals surface area contributed by atoms with Crippen molar-refractivity contribution in [3.63, 3.8) is 0 Å². The number of aliphatic hydroxyl groups is 1. The van der Waals surface area contributed by atoms with E-state index in [2.05, 4.69) is 34.7 Å². The second kappa shape index (κ2) is 11.2. The van der Waals surface area contributed by atoms with Gasteiger partial charge in [-0.2, -0.15) is 4.98 Å². The van der Waals surface area contributed by atoms with E-state index < -0.39 is 45.7 Å². The van der Waals surface area contributed by atoms with Crippen LogP contribution < -0.4 is 15.4 Å². The smallest absolute Gasteiger partial charge is 0.309 e. The van der Waals surface area contributed by atoms with Gasteiger partial charge in [-0.25, -0.2) is 21.9 Å². The summed E-state index contributed by atoms with van der Waals surface area (Å²) in [5, 5.41) is 17.1. The van der Waals surface area contributed by atoms with Gasteiger partial charge in [-0.05, 0) is 54.5 Å². The molecule has 1 fully saturated rings. The van der Waals surface area contributed by atoms with Crippen LogP contribution in [-0.4, -0.2) is 49.4 Å². The number of aliphatic hydroxyl groups excluding tert-OH is 1. The summed E-state index contributed by atoms with van der Waals surface area (Å²) in [6.45, 7) is 2.17. The van der Waals surface area contributed by atoms with Gasteiger partial charge in [0.15, 0.2) is 5.69 Å². The number of aromatic nitrogens is 1. The van der Waals surface area contributed by atoms with Crippen LogP contribution in [0.3, 0.4) is 0 Å². The van der Waals surface area contributed by atoms with Gasteiger partial charge in [-0.3, -0.25) is 4.79 Å². The number of oxazole rings is 1. The number of hydrogen-bond acceptors (Lipinski definition) is 7. The number of halogens is 2. The molecule has 4 rings (SSSR count). The van der Waals surface area contributed by atoms with Crippen LogP contribution in [0.25, 0.3) is 0 Å². The Morgan fingerprint density at radius 2 is 1.87 bits per heavy atom. The molecule has 9 nitrogen and oxygen atoms in total. The number of amides is 1. The predicted octanol–water partition coefficient (Wildman–Crippen LogP) is 2.87. The third-order valence-corrected chi connectivity index (χ3v) is 7.00. The summed E-state index contributed by atoms with van der Waals surface area (Å²) < 4.78 is 57.4. The molecule has 1 amide bonds. The lowest BCUT2D eigenvalue weighted by atomic mass is 9.98. The molecule has 2 aromatic carbocycles. The minimum Gasteiger partial charge on any atom is -0.431 e. The van der Waals surface area contributed by atoms with Gasteiger partial charge in [-0.15, -0.1) is 0 Å². The average Bonchev–Trinajstić information content (AvgIpc) is 3.51. The Labute approximate surface area is 219 Å². The van der Waals surface area contributed by atoms with Crippen LogP contribution >= 0.6 is 0 Å². The number of hydrogen-bond donors (Lipinski definition) is 4. The second-order valence-corrected chi connectivity index (χ2v) is 11.3. The van der Waals surface area contributed by atoms with Gasteiger partial charge in [0.05, 0.1) is 18.4 Å². The zero-order valence-corrected chi connectivity index (χ0v) is 21.8. The van der Waals surface area contributed by atoms with Crippen molar-refractivity contribution in [1.82, 2.24) is 15.6 Å². The Morgan fingerprint density at radius 1 is 1.16 bits per heavy atom. The highest BCUT2D eigenvalue weighted by Crippen LogP contribution is 2.45. The predicted molar refractivity (Wildman–Crippen MR) is 137 cm³/mol. The van der Waals surface area contributed by atoms with Crippen molar-refractivity contribution in [2.75, 3.05) is 17.5 Å². The maximum absolute atomic E-state index is 13.8. The van der Waals surface area contributed by atoms with Crippen LogP contribution in [0, 0.1) is 11.6 Å². The lowest BCUT2D eigenvalue weighted by molar-refractivity contribution is 0.0817. The van der Waals surface area contributed by atoms with Gasteiger partial charge in [0.1, 0.15) is 17.9 Å². The van der Waals surface area contributed by atoms with Crippen molar-refractivity contribution >= 4 is 21.9 Å². The average molecular weight is 549 g/mol. The first-order chi connectivity index (χ1) is 18.0. The number of carbonyl (C=O) groups excluding carboxylic acids is 1. The molecule has 0 unspecified atom stereocenters. The summed E-state index contributed by atoms with van der Waals surface area (Å²) in [4.78, 5) is 16.7. The first-order valence-electron chi connectivity index (χ1n) is 12.2. The lowest BCUT2D eigenvalue weighted by Crippen LogP contribution is -2.50. The summed E-state index contributed by atoms with van der Waals surface area (Å²) in [5.41, 5.74) is 2.03. The van der Waals surface area contributed by atoms with Crippen molar-refractivity contribution in [3.05, 3.63) is 82.7 Å². The standard InChI is InChI=1S/C26H30F2N4O5S/c1-3-16-5-4-6-18(9-16)26(7-8-26)29-14-23(33)21(12-17-10-19(27)13-20(28)11-17)30-24(34)22-15-37-25(31-22)32-38(2,35)36/h4-6,9-11,13,15,21,23,29,33H,3,7-8,12,14H2,1-2H3,(H,30,34)(H,31,32)/t21-,23-/m0/s1. The fourth-order valence-electron chi connectivity index (χ4n) is 4.32. The first-order valence-corrected chi connectivity index (χ1v) is 14.1. The Hall–Kier alpha value is -3.35.